The van der Waals surface area contributed by atoms with E-state index in [9.17, 15) is 4.39 Å². The van der Waals surface area contributed by atoms with Gasteiger partial charge in [-0.2, -0.15) is 0 Å². The maximum Gasteiger partial charge on any atom is 0.163 e. The van der Waals surface area contributed by atoms with Crippen molar-refractivity contribution in [2.45, 2.75) is 6.92 Å². The summed E-state index contributed by atoms with van der Waals surface area (Å²) in [5.41, 5.74) is 4.49. The Labute approximate surface area is 175 Å². The Balaban J connectivity index is 0.00000140. The van der Waals surface area contributed by atoms with E-state index in [0.717, 1.165) is 39.0 Å². The highest BCUT2D eigenvalue weighted by Gasteiger charge is 2.13. The van der Waals surface area contributed by atoms with Gasteiger partial charge in [0.2, 0.25) is 0 Å². The molecule has 0 aliphatic heterocycles. The third kappa shape index (κ3) is 4.06. The van der Waals surface area contributed by atoms with E-state index in [0.29, 0.717) is 5.82 Å². The zero-order valence-electron chi connectivity index (χ0n) is 15.3. The van der Waals surface area contributed by atoms with Crippen LogP contribution >= 0.6 is 24.8 Å². The number of nitrogens with zero attached hydrogens (tertiary/aromatic N) is 3. The molecule has 4 nitrogen and oxygen atoms in total. The van der Waals surface area contributed by atoms with Crippen molar-refractivity contribution in [2.24, 2.45) is 0 Å². The van der Waals surface area contributed by atoms with Gasteiger partial charge in [0.05, 0.1) is 5.52 Å². The number of rotatable bonds is 3. The number of fused-ring (bicyclic) bond motifs is 1. The van der Waals surface area contributed by atoms with E-state index in [1.807, 2.05) is 44.3 Å². The fourth-order valence-corrected chi connectivity index (χ4v) is 3.05. The summed E-state index contributed by atoms with van der Waals surface area (Å²) in [4.78, 5) is 13.5. The van der Waals surface area contributed by atoms with Crippen molar-refractivity contribution in [3.63, 3.8) is 0 Å². The number of aromatic nitrogens is 3. The van der Waals surface area contributed by atoms with E-state index < -0.39 is 0 Å². The summed E-state index contributed by atoms with van der Waals surface area (Å²) >= 11 is 0. The summed E-state index contributed by atoms with van der Waals surface area (Å²) in [5.74, 6) is 1.10. The molecule has 144 valence electrons. The molecule has 1 N–H and O–H groups in total. The van der Waals surface area contributed by atoms with Crippen molar-refractivity contribution >= 4 is 41.5 Å². The molecule has 0 aliphatic carbocycles. The van der Waals surface area contributed by atoms with Crippen molar-refractivity contribution in [1.29, 1.82) is 0 Å². The smallest absolute Gasteiger partial charge is 0.163 e. The topological polar surface area (TPSA) is 50.7 Å². The molecule has 4 rings (SSSR count). The fourth-order valence-electron chi connectivity index (χ4n) is 3.05. The van der Waals surface area contributed by atoms with Gasteiger partial charge in [-0.1, -0.05) is 12.1 Å². The van der Waals surface area contributed by atoms with E-state index in [4.69, 9.17) is 4.98 Å². The van der Waals surface area contributed by atoms with Gasteiger partial charge in [-0.15, -0.1) is 24.8 Å². The van der Waals surface area contributed by atoms with Gasteiger partial charge in [0, 0.05) is 30.4 Å². The number of halogens is 3. The van der Waals surface area contributed by atoms with E-state index in [1.54, 1.807) is 18.5 Å². The highest BCUT2D eigenvalue weighted by molar-refractivity contribution is 5.95. The van der Waals surface area contributed by atoms with Crippen LogP contribution in [0.2, 0.25) is 0 Å². The SMILES string of the molecule is CNc1nc(-c2cccnc2)nc2c(C)cc(-c3cccc(F)c3)cc12.Cl.Cl. The first-order valence-corrected chi connectivity index (χ1v) is 8.32. The van der Waals surface area contributed by atoms with Crippen LogP contribution < -0.4 is 5.32 Å². The first kappa shape index (κ1) is 21.5. The minimum atomic E-state index is -0.253. The molecule has 0 spiro atoms. The van der Waals surface area contributed by atoms with Crippen LogP contribution in [-0.2, 0) is 0 Å². The Kier molecular flexibility index (Phi) is 6.89. The van der Waals surface area contributed by atoms with Gasteiger partial charge < -0.3 is 5.32 Å². The number of hydrogen-bond donors (Lipinski definition) is 1. The number of aryl methyl sites for hydroxylation is 1. The molecule has 4 aromatic rings. The first-order valence-electron chi connectivity index (χ1n) is 8.32. The second kappa shape index (κ2) is 8.95. The van der Waals surface area contributed by atoms with Gasteiger partial charge in [0.25, 0.3) is 0 Å². The molecule has 2 aromatic carbocycles. The van der Waals surface area contributed by atoms with Gasteiger partial charge in [-0.25, -0.2) is 14.4 Å². The maximum absolute atomic E-state index is 13.6. The largest absolute Gasteiger partial charge is 0.373 e. The zero-order chi connectivity index (χ0) is 18.1. The van der Waals surface area contributed by atoms with E-state index in [-0.39, 0.29) is 30.6 Å². The van der Waals surface area contributed by atoms with Crippen LogP contribution in [0.25, 0.3) is 33.4 Å². The fraction of sp³-hybridized carbons (Fsp3) is 0.0952. The summed E-state index contributed by atoms with van der Waals surface area (Å²) in [6, 6.07) is 14.4. The lowest BCUT2D eigenvalue weighted by Gasteiger charge is -2.12. The van der Waals surface area contributed by atoms with Crippen LogP contribution in [0.5, 0.6) is 0 Å². The number of nitrogens with one attached hydrogen (secondary N) is 1. The van der Waals surface area contributed by atoms with Crippen molar-refractivity contribution in [3.05, 3.63) is 72.3 Å². The molecule has 2 aromatic heterocycles. The molecular weight excluding hydrogens is 398 g/mol. The Morgan fingerprint density at radius 2 is 1.68 bits per heavy atom. The quantitative estimate of drug-likeness (QED) is 0.465. The Hall–Kier alpha value is -2.76. The lowest BCUT2D eigenvalue weighted by molar-refractivity contribution is 0.628. The number of benzene rings is 2. The summed E-state index contributed by atoms with van der Waals surface area (Å²) in [5, 5.41) is 4.05. The van der Waals surface area contributed by atoms with Gasteiger partial charge >= 0.3 is 0 Å². The van der Waals surface area contributed by atoms with Crippen molar-refractivity contribution in [3.8, 4) is 22.5 Å². The summed E-state index contributed by atoms with van der Waals surface area (Å²) in [7, 11) is 1.83. The van der Waals surface area contributed by atoms with Crippen molar-refractivity contribution < 1.29 is 4.39 Å². The Morgan fingerprint density at radius 1 is 0.893 bits per heavy atom. The van der Waals surface area contributed by atoms with Crippen LogP contribution in [0.4, 0.5) is 10.2 Å². The molecule has 2 heterocycles. The van der Waals surface area contributed by atoms with Gasteiger partial charge in [0.15, 0.2) is 5.82 Å². The minimum Gasteiger partial charge on any atom is -0.373 e. The number of anilines is 1. The highest BCUT2D eigenvalue weighted by Crippen LogP contribution is 2.31. The van der Waals surface area contributed by atoms with Crippen LogP contribution in [0.15, 0.2) is 60.9 Å². The highest BCUT2D eigenvalue weighted by atomic mass is 35.5. The average Bonchev–Trinajstić information content (AvgIpc) is 2.68. The second-order valence-electron chi connectivity index (χ2n) is 6.09. The predicted molar refractivity (Wildman–Crippen MR) is 117 cm³/mol. The number of pyridine rings is 1. The number of hydrogen-bond acceptors (Lipinski definition) is 4. The van der Waals surface area contributed by atoms with Gasteiger partial charge in [0.1, 0.15) is 11.6 Å². The molecule has 0 fully saturated rings. The minimum absolute atomic E-state index is 0. The van der Waals surface area contributed by atoms with Crippen LogP contribution in [0, 0.1) is 12.7 Å². The predicted octanol–water partition coefficient (Wildman–Crippen LogP) is 5.69. The summed E-state index contributed by atoms with van der Waals surface area (Å²) in [6.45, 7) is 2.00. The molecule has 28 heavy (non-hydrogen) atoms. The summed E-state index contributed by atoms with van der Waals surface area (Å²) in [6.07, 6.45) is 3.47. The molecular formula is C21H19Cl2FN4. The monoisotopic (exact) mass is 416 g/mol. The zero-order valence-corrected chi connectivity index (χ0v) is 16.9. The van der Waals surface area contributed by atoms with Crippen LogP contribution in [-0.4, -0.2) is 22.0 Å². The summed E-state index contributed by atoms with van der Waals surface area (Å²) < 4.78 is 13.6. The van der Waals surface area contributed by atoms with E-state index in [1.165, 1.54) is 12.1 Å². The van der Waals surface area contributed by atoms with Crippen molar-refractivity contribution in [1.82, 2.24) is 15.0 Å². The third-order valence-corrected chi connectivity index (χ3v) is 4.31. The van der Waals surface area contributed by atoms with Gasteiger partial charge in [-0.3, -0.25) is 4.98 Å². The molecule has 0 amide bonds. The van der Waals surface area contributed by atoms with Crippen LogP contribution in [0.3, 0.4) is 0 Å². The molecule has 0 unspecified atom stereocenters. The Bertz CT molecular complexity index is 1100. The average molecular weight is 417 g/mol. The molecule has 0 saturated carbocycles. The van der Waals surface area contributed by atoms with E-state index in [2.05, 4.69) is 15.3 Å². The molecule has 0 aliphatic rings. The molecule has 0 saturated heterocycles. The lowest BCUT2D eigenvalue weighted by Crippen LogP contribution is -2.00. The van der Waals surface area contributed by atoms with E-state index >= 15 is 0 Å². The normalized spacial score (nSPS) is 10.1. The third-order valence-electron chi connectivity index (χ3n) is 4.31. The van der Waals surface area contributed by atoms with Crippen molar-refractivity contribution in [2.75, 3.05) is 12.4 Å². The molecule has 7 heteroatoms. The maximum atomic E-state index is 13.6. The first-order chi connectivity index (χ1) is 12.7. The molecule has 0 radical (unpaired) electrons. The van der Waals surface area contributed by atoms with Crippen LogP contribution in [0.1, 0.15) is 5.56 Å². The van der Waals surface area contributed by atoms with Gasteiger partial charge in [-0.05, 0) is 60.0 Å². The lowest BCUT2D eigenvalue weighted by atomic mass is 10.00. The Morgan fingerprint density at radius 3 is 2.36 bits per heavy atom. The second-order valence-corrected chi connectivity index (χ2v) is 6.09. The standard InChI is InChI=1S/C21H17FN4.2ClH/c1-13-9-16(14-5-3-7-17(22)10-14)11-18-19(13)25-20(26-21(18)23-2)15-6-4-8-24-12-15;;/h3-12H,1-2H3,(H,23,25,26);2*1H. The molecule has 0 atom stereocenters. The molecule has 0 bridgehead atoms.